The van der Waals surface area contributed by atoms with Crippen LogP contribution in [0, 0.1) is 6.92 Å². The van der Waals surface area contributed by atoms with E-state index in [4.69, 9.17) is 5.11 Å². The van der Waals surface area contributed by atoms with Crippen molar-refractivity contribution in [2.24, 2.45) is 0 Å². The molecule has 0 fully saturated rings. The number of carbonyl (C=O) groups excluding carboxylic acids is 1. The number of benzene rings is 1. The van der Waals surface area contributed by atoms with E-state index in [0.717, 1.165) is 14.9 Å². The summed E-state index contributed by atoms with van der Waals surface area (Å²) in [5, 5.41) is 11.5. The predicted molar refractivity (Wildman–Crippen MR) is 74.3 cm³/mol. The molecule has 0 saturated carbocycles. The van der Waals surface area contributed by atoms with Gasteiger partial charge in [-0.3, -0.25) is 4.79 Å². The number of aliphatic hydroxyl groups is 1. The monoisotopic (exact) mass is 317 g/mol. The van der Waals surface area contributed by atoms with Crippen LogP contribution in [0.3, 0.4) is 0 Å². The van der Waals surface area contributed by atoms with Gasteiger partial charge in [0.2, 0.25) is 5.91 Å². The molecule has 1 rings (SSSR count). The van der Waals surface area contributed by atoms with Gasteiger partial charge >= 0.3 is 0 Å². The molecule has 1 aromatic rings. The third-order valence-corrected chi connectivity index (χ3v) is 3.85. The van der Waals surface area contributed by atoms with Crippen LogP contribution in [-0.4, -0.2) is 29.4 Å². The fraction of sp³-hybridized carbons (Fsp3) is 0.417. The summed E-state index contributed by atoms with van der Waals surface area (Å²) in [6, 6.07) is 5.79. The Morgan fingerprint density at radius 2 is 2.29 bits per heavy atom. The van der Waals surface area contributed by atoms with E-state index in [1.165, 1.54) is 11.8 Å². The zero-order valence-electron chi connectivity index (χ0n) is 9.87. The van der Waals surface area contributed by atoms with Gasteiger partial charge in [0.15, 0.2) is 0 Å². The first kappa shape index (κ1) is 14.5. The lowest BCUT2D eigenvalue weighted by atomic mass is 10.2. The highest BCUT2D eigenvalue weighted by atomic mass is 79.9. The van der Waals surface area contributed by atoms with E-state index >= 15 is 0 Å². The summed E-state index contributed by atoms with van der Waals surface area (Å²) in [5.41, 5.74) is 1.15. The number of carbonyl (C=O) groups is 1. The van der Waals surface area contributed by atoms with Crippen molar-refractivity contribution >= 4 is 33.6 Å². The molecule has 0 radical (unpaired) electrons. The predicted octanol–water partition coefficient (Wildman–Crippen LogP) is 2.35. The first-order chi connectivity index (χ1) is 8.02. The zero-order chi connectivity index (χ0) is 12.8. The molecule has 1 unspecified atom stereocenters. The van der Waals surface area contributed by atoms with Gasteiger partial charge < -0.3 is 10.4 Å². The lowest BCUT2D eigenvalue weighted by molar-refractivity contribution is -0.119. The van der Waals surface area contributed by atoms with Crippen LogP contribution in [0.5, 0.6) is 0 Å². The summed E-state index contributed by atoms with van der Waals surface area (Å²) in [6.45, 7) is 3.75. The molecule has 0 aliphatic heterocycles. The van der Waals surface area contributed by atoms with E-state index in [2.05, 4.69) is 21.2 Å². The summed E-state index contributed by atoms with van der Waals surface area (Å²) in [7, 11) is 0. The zero-order valence-corrected chi connectivity index (χ0v) is 12.3. The lowest BCUT2D eigenvalue weighted by Crippen LogP contribution is -2.36. The molecule has 0 aromatic heterocycles. The molecule has 0 bridgehead atoms. The molecule has 1 aromatic carbocycles. The first-order valence-corrected chi connectivity index (χ1v) is 7.10. The normalized spacial score (nSPS) is 12.2. The SMILES string of the molecule is Cc1cc(Br)ccc1SCC(=O)NC(C)CO. The van der Waals surface area contributed by atoms with Crippen molar-refractivity contribution in [3.8, 4) is 0 Å². The van der Waals surface area contributed by atoms with E-state index in [1.807, 2.05) is 25.1 Å². The largest absolute Gasteiger partial charge is 0.394 e. The summed E-state index contributed by atoms with van der Waals surface area (Å²) < 4.78 is 1.04. The highest BCUT2D eigenvalue weighted by molar-refractivity contribution is 9.10. The van der Waals surface area contributed by atoms with Crippen LogP contribution in [-0.2, 0) is 4.79 Å². The van der Waals surface area contributed by atoms with E-state index in [-0.39, 0.29) is 18.6 Å². The Kier molecular flexibility index (Phi) is 6.02. The molecule has 5 heteroatoms. The minimum Gasteiger partial charge on any atom is -0.394 e. The van der Waals surface area contributed by atoms with Gasteiger partial charge in [0, 0.05) is 15.4 Å². The number of amides is 1. The number of halogens is 1. The first-order valence-electron chi connectivity index (χ1n) is 5.32. The molecular weight excluding hydrogens is 302 g/mol. The summed E-state index contributed by atoms with van der Waals surface area (Å²) in [6.07, 6.45) is 0. The van der Waals surface area contributed by atoms with Gasteiger partial charge in [-0.05, 0) is 37.6 Å². The second-order valence-electron chi connectivity index (χ2n) is 3.85. The molecule has 1 atom stereocenters. The second kappa shape index (κ2) is 7.03. The van der Waals surface area contributed by atoms with Crippen molar-refractivity contribution in [2.75, 3.05) is 12.4 Å². The van der Waals surface area contributed by atoms with Gasteiger partial charge in [-0.2, -0.15) is 0 Å². The molecule has 3 nitrogen and oxygen atoms in total. The number of aryl methyl sites for hydroxylation is 1. The van der Waals surface area contributed by atoms with E-state index in [1.54, 1.807) is 6.92 Å². The molecule has 0 heterocycles. The topological polar surface area (TPSA) is 49.3 Å². The van der Waals surface area contributed by atoms with Crippen LogP contribution in [0.4, 0.5) is 0 Å². The van der Waals surface area contributed by atoms with E-state index < -0.39 is 0 Å². The molecule has 0 spiro atoms. The molecule has 94 valence electrons. The highest BCUT2D eigenvalue weighted by Crippen LogP contribution is 2.24. The van der Waals surface area contributed by atoms with Crippen LogP contribution in [0.2, 0.25) is 0 Å². The van der Waals surface area contributed by atoms with Crippen LogP contribution < -0.4 is 5.32 Å². The quantitative estimate of drug-likeness (QED) is 0.820. The third kappa shape index (κ3) is 5.10. The molecule has 0 aliphatic rings. The highest BCUT2D eigenvalue weighted by Gasteiger charge is 2.07. The maximum absolute atomic E-state index is 11.5. The summed E-state index contributed by atoms with van der Waals surface area (Å²) in [5.74, 6) is 0.311. The Bertz CT molecular complexity index is 398. The fourth-order valence-electron chi connectivity index (χ4n) is 1.28. The van der Waals surface area contributed by atoms with Crippen LogP contribution in [0.15, 0.2) is 27.6 Å². The Labute approximate surface area is 114 Å². The molecule has 1 amide bonds. The Morgan fingerprint density at radius 1 is 1.59 bits per heavy atom. The van der Waals surface area contributed by atoms with Crippen molar-refractivity contribution in [3.63, 3.8) is 0 Å². The van der Waals surface area contributed by atoms with Gasteiger partial charge in [0.05, 0.1) is 12.4 Å². The van der Waals surface area contributed by atoms with E-state index in [9.17, 15) is 4.79 Å². The average molecular weight is 318 g/mol. The van der Waals surface area contributed by atoms with Crippen molar-refractivity contribution in [2.45, 2.75) is 24.8 Å². The van der Waals surface area contributed by atoms with Crippen molar-refractivity contribution in [3.05, 3.63) is 28.2 Å². The number of rotatable bonds is 5. The summed E-state index contributed by atoms with van der Waals surface area (Å²) >= 11 is 4.90. The van der Waals surface area contributed by atoms with Gasteiger partial charge in [0.1, 0.15) is 0 Å². The maximum atomic E-state index is 11.5. The minimum absolute atomic E-state index is 0.0340. The Hall–Kier alpha value is -0.520. The lowest BCUT2D eigenvalue weighted by Gasteiger charge is -2.11. The minimum atomic E-state index is -0.186. The molecular formula is C12H16BrNO2S. The van der Waals surface area contributed by atoms with Gasteiger partial charge in [-0.15, -0.1) is 11.8 Å². The van der Waals surface area contributed by atoms with Gasteiger partial charge in [0.25, 0.3) is 0 Å². The number of hydrogen-bond acceptors (Lipinski definition) is 3. The van der Waals surface area contributed by atoms with Crippen LogP contribution in [0.1, 0.15) is 12.5 Å². The van der Waals surface area contributed by atoms with Crippen molar-refractivity contribution in [1.82, 2.24) is 5.32 Å². The molecule has 17 heavy (non-hydrogen) atoms. The fourth-order valence-corrected chi connectivity index (χ4v) is 2.58. The van der Waals surface area contributed by atoms with Crippen molar-refractivity contribution < 1.29 is 9.90 Å². The standard InChI is InChI=1S/C12H16BrNO2S/c1-8-5-10(13)3-4-11(8)17-7-12(16)14-9(2)6-15/h3-5,9,15H,6-7H2,1-2H3,(H,14,16). The number of nitrogens with one attached hydrogen (secondary N) is 1. The summed E-state index contributed by atoms with van der Waals surface area (Å²) in [4.78, 5) is 12.6. The van der Waals surface area contributed by atoms with Gasteiger partial charge in [-0.25, -0.2) is 0 Å². The number of thioether (sulfide) groups is 1. The molecule has 0 aliphatic carbocycles. The Balaban J connectivity index is 2.47. The maximum Gasteiger partial charge on any atom is 0.230 e. The number of hydrogen-bond donors (Lipinski definition) is 2. The van der Waals surface area contributed by atoms with Gasteiger partial charge in [-0.1, -0.05) is 15.9 Å². The second-order valence-corrected chi connectivity index (χ2v) is 5.78. The smallest absolute Gasteiger partial charge is 0.230 e. The molecule has 2 N–H and O–H groups in total. The van der Waals surface area contributed by atoms with E-state index in [0.29, 0.717) is 5.75 Å². The van der Waals surface area contributed by atoms with Crippen LogP contribution >= 0.6 is 27.7 Å². The van der Waals surface area contributed by atoms with Crippen molar-refractivity contribution in [1.29, 1.82) is 0 Å². The third-order valence-electron chi connectivity index (χ3n) is 2.18. The molecule has 0 saturated heterocycles. The van der Waals surface area contributed by atoms with Crippen LogP contribution in [0.25, 0.3) is 0 Å². The Morgan fingerprint density at radius 3 is 2.88 bits per heavy atom. The average Bonchev–Trinajstić information content (AvgIpc) is 2.27. The number of aliphatic hydroxyl groups excluding tert-OH is 1.